The van der Waals surface area contributed by atoms with Gasteiger partial charge in [-0.3, -0.25) is 0 Å². The molecule has 106 valence electrons. The van der Waals surface area contributed by atoms with Crippen LogP contribution >= 0.6 is 15.9 Å². The molecule has 0 saturated heterocycles. The highest BCUT2D eigenvalue weighted by atomic mass is 79.9. The van der Waals surface area contributed by atoms with Crippen molar-refractivity contribution in [1.82, 2.24) is 0 Å². The second-order valence-corrected chi connectivity index (χ2v) is 5.54. The molecule has 0 fully saturated rings. The molecule has 0 aromatic heterocycles. The summed E-state index contributed by atoms with van der Waals surface area (Å²) in [4.78, 5) is 0. The van der Waals surface area contributed by atoms with Crippen molar-refractivity contribution in [1.29, 1.82) is 0 Å². The highest BCUT2D eigenvalue weighted by Gasteiger charge is 2.18. The van der Waals surface area contributed by atoms with Gasteiger partial charge in [0.2, 0.25) is 0 Å². The SMILES string of the molecule is COc1ccc(C(Oc2cccc(Br)c2)C(C)N)cc1. The molecular formula is C16H18BrNO2. The summed E-state index contributed by atoms with van der Waals surface area (Å²) in [6.07, 6.45) is -0.199. The average Bonchev–Trinajstić information content (AvgIpc) is 2.45. The van der Waals surface area contributed by atoms with Crippen molar-refractivity contribution in [2.75, 3.05) is 7.11 Å². The van der Waals surface area contributed by atoms with Crippen LogP contribution in [0.5, 0.6) is 11.5 Å². The third-order valence-corrected chi connectivity index (χ3v) is 3.47. The van der Waals surface area contributed by atoms with E-state index in [2.05, 4.69) is 15.9 Å². The van der Waals surface area contributed by atoms with Gasteiger partial charge in [0.05, 0.1) is 7.11 Å². The summed E-state index contributed by atoms with van der Waals surface area (Å²) in [6, 6.07) is 15.4. The molecule has 3 nitrogen and oxygen atoms in total. The second kappa shape index (κ2) is 6.77. The Morgan fingerprint density at radius 3 is 2.30 bits per heavy atom. The molecule has 0 aliphatic rings. The molecule has 0 saturated carbocycles. The first-order valence-corrected chi connectivity index (χ1v) is 7.21. The maximum absolute atomic E-state index is 6.06. The summed E-state index contributed by atoms with van der Waals surface area (Å²) in [7, 11) is 1.65. The molecule has 4 heteroatoms. The third-order valence-electron chi connectivity index (χ3n) is 2.98. The molecular weight excluding hydrogens is 318 g/mol. The van der Waals surface area contributed by atoms with E-state index in [0.717, 1.165) is 21.5 Å². The summed E-state index contributed by atoms with van der Waals surface area (Å²) >= 11 is 3.44. The minimum atomic E-state index is -0.199. The third kappa shape index (κ3) is 3.74. The summed E-state index contributed by atoms with van der Waals surface area (Å²) in [5, 5.41) is 0. The fraction of sp³-hybridized carbons (Fsp3) is 0.250. The van der Waals surface area contributed by atoms with Gasteiger partial charge in [-0.15, -0.1) is 0 Å². The molecule has 2 aromatic rings. The van der Waals surface area contributed by atoms with E-state index in [-0.39, 0.29) is 12.1 Å². The first-order valence-electron chi connectivity index (χ1n) is 6.42. The van der Waals surface area contributed by atoms with E-state index in [1.807, 2.05) is 55.5 Å². The van der Waals surface area contributed by atoms with E-state index in [1.165, 1.54) is 0 Å². The minimum Gasteiger partial charge on any atom is -0.497 e. The lowest BCUT2D eigenvalue weighted by atomic mass is 10.0. The normalized spacial score (nSPS) is 13.6. The molecule has 0 spiro atoms. The van der Waals surface area contributed by atoms with Crippen LogP contribution in [0.25, 0.3) is 0 Å². The topological polar surface area (TPSA) is 44.5 Å². The lowest BCUT2D eigenvalue weighted by molar-refractivity contribution is 0.180. The van der Waals surface area contributed by atoms with Gasteiger partial charge >= 0.3 is 0 Å². The zero-order chi connectivity index (χ0) is 14.5. The number of nitrogens with two attached hydrogens (primary N) is 1. The fourth-order valence-corrected chi connectivity index (χ4v) is 2.34. The Bertz CT molecular complexity index is 555. The highest BCUT2D eigenvalue weighted by Crippen LogP contribution is 2.27. The molecule has 0 aliphatic heterocycles. The largest absolute Gasteiger partial charge is 0.497 e. The lowest BCUT2D eigenvalue weighted by Gasteiger charge is -2.23. The number of benzene rings is 2. The van der Waals surface area contributed by atoms with Gasteiger partial charge in [-0.05, 0) is 42.8 Å². The molecule has 2 aromatic carbocycles. The van der Waals surface area contributed by atoms with E-state index in [0.29, 0.717) is 0 Å². The molecule has 2 rings (SSSR count). The summed E-state index contributed by atoms with van der Waals surface area (Å²) in [6.45, 7) is 1.94. The summed E-state index contributed by atoms with van der Waals surface area (Å²) < 4.78 is 12.2. The van der Waals surface area contributed by atoms with Crippen molar-refractivity contribution in [2.24, 2.45) is 5.73 Å². The van der Waals surface area contributed by atoms with Crippen molar-refractivity contribution >= 4 is 15.9 Å². The molecule has 2 atom stereocenters. The smallest absolute Gasteiger partial charge is 0.138 e. The van der Waals surface area contributed by atoms with Gasteiger partial charge in [-0.2, -0.15) is 0 Å². The number of ether oxygens (including phenoxy) is 2. The number of halogens is 1. The standard InChI is InChI=1S/C16H18BrNO2/c1-11(18)16(12-6-8-14(19-2)9-7-12)20-15-5-3-4-13(17)10-15/h3-11,16H,18H2,1-2H3. The Balaban J connectivity index is 2.22. The molecule has 20 heavy (non-hydrogen) atoms. The van der Waals surface area contributed by atoms with Crippen LogP contribution < -0.4 is 15.2 Å². The summed E-state index contributed by atoms with van der Waals surface area (Å²) in [5.74, 6) is 1.61. The van der Waals surface area contributed by atoms with Crippen LogP contribution in [0.2, 0.25) is 0 Å². The van der Waals surface area contributed by atoms with Crippen molar-refractivity contribution in [3.8, 4) is 11.5 Å². The fourth-order valence-electron chi connectivity index (χ4n) is 1.96. The van der Waals surface area contributed by atoms with E-state index in [4.69, 9.17) is 15.2 Å². The molecule has 2 unspecified atom stereocenters. The zero-order valence-corrected chi connectivity index (χ0v) is 13.1. The van der Waals surface area contributed by atoms with Crippen LogP contribution in [0.15, 0.2) is 53.0 Å². The van der Waals surface area contributed by atoms with Crippen molar-refractivity contribution < 1.29 is 9.47 Å². The van der Waals surface area contributed by atoms with Crippen LogP contribution in [-0.2, 0) is 0 Å². The van der Waals surface area contributed by atoms with Gasteiger partial charge < -0.3 is 15.2 Å². The van der Waals surface area contributed by atoms with Gasteiger partial charge in [0.1, 0.15) is 17.6 Å². The second-order valence-electron chi connectivity index (χ2n) is 4.63. The molecule has 0 aliphatic carbocycles. The van der Waals surface area contributed by atoms with Gasteiger partial charge in [0, 0.05) is 10.5 Å². The predicted octanol–water partition coefficient (Wildman–Crippen LogP) is 3.93. The van der Waals surface area contributed by atoms with E-state index in [1.54, 1.807) is 7.11 Å². The maximum atomic E-state index is 6.06. The average molecular weight is 336 g/mol. The number of rotatable bonds is 5. The number of hydrogen-bond acceptors (Lipinski definition) is 3. The van der Waals surface area contributed by atoms with Crippen LogP contribution in [0.1, 0.15) is 18.6 Å². The van der Waals surface area contributed by atoms with Gasteiger partial charge in [-0.1, -0.05) is 34.1 Å². The van der Waals surface area contributed by atoms with Crippen LogP contribution in [0, 0.1) is 0 Å². The first-order chi connectivity index (χ1) is 9.60. The minimum absolute atomic E-state index is 0.123. The Labute approximate surface area is 127 Å². The molecule has 0 amide bonds. The Morgan fingerprint density at radius 2 is 1.75 bits per heavy atom. The number of methoxy groups -OCH3 is 1. The Hall–Kier alpha value is -1.52. The van der Waals surface area contributed by atoms with Crippen molar-refractivity contribution in [3.05, 3.63) is 58.6 Å². The van der Waals surface area contributed by atoms with Gasteiger partial charge in [0.25, 0.3) is 0 Å². The quantitative estimate of drug-likeness (QED) is 0.900. The predicted molar refractivity (Wildman–Crippen MR) is 84.2 cm³/mol. The van der Waals surface area contributed by atoms with Crippen LogP contribution in [0.4, 0.5) is 0 Å². The molecule has 0 bridgehead atoms. The molecule has 0 heterocycles. The van der Waals surface area contributed by atoms with Crippen molar-refractivity contribution in [3.63, 3.8) is 0 Å². The highest BCUT2D eigenvalue weighted by molar-refractivity contribution is 9.10. The van der Waals surface area contributed by atoms with Crippen molar-refractivity contribution in [2.45, 2.75) is 19.1 Å². The molecule has 0 radical (unpaired) electrons. The number of hydrogen-bond donors (Lipinski definition) is 1. The monoisotopic (exact) mass is 335 g/mol. The van der Waals surface area contributed by atoms with Gasteiger partial charge in [-0.25, -0.2) is 0 Å². The first kappa shape index (κ1) is 14.9. The van der Waals surface area contributed by atoms with Gasteiger partial charge in [0.15, 0.2) is 0 Å². The Kier molecular flexibility index (Phi) is 5.04. The van der Waals surface area contributed by atoms with Crippen LogP contribution in [-0.4, -0.2) is 13.2 Å². The molecule has 2 N–H and O–H groups in total. The van der Waals surface area contributed by atoms with Crippen LogP contribution in [0.3, 0.4) is 0 Å². The Morgan fingerprint density at radius 1 is 1.05 bits per heavy atom. The van der Waals surface area contributed by atoms with E-state index in [9.17, 15) is 0 Å². The van der Waals surface area contributed by atoms with E-state index < -0.39 is 0 Å². The van der Waals surface area contributed by atoms with E-state index >= 15 is 0 Å². The maximum Gasteiger partial charge on any atom is 0.138 e. The lowest BCUT2D eigenvalue weighted by Crippen LogP contribution is -2.29. The zero-order valence-electron chi connectivity index (χ0n) is 11.5. The summed E-state index contributed by atoms with van der Waals surface area (Å²) in [5.41, 5.74) is 7.09.